The zero-order valence-electron chi connectivity index (χ0n) is 15.7. The van der Waals surface area contributed by atoms with Crippen LogP contribution in [0.25, 0.3) is 10.8 Å². The topological polar surface area (TPSA) is 58.5 Å². The lowest BCUT2D eigenvalue weighted by atomic mass is 10.1. The van der Waals surface area contributed by atoms with E-state index in [4.69, 9.17) is 4.74 Å². The molecule has 0 bridgehead atoms. The highest BCUT2D eigenvalue weighted by molar-refractivity contribution is 5.83. The molecule has 0 atom stereocenters. The second-order valence-corrected chi connectivity index (χ2v) is 6.15. The molecule has 0 spiro atoms. The van der Waals surface area contributed by atoms with Crippen molar-refractivity contribution < 1.29 is 4.74 Å². The van der Waals surface area contributed by atoms with Crippen LogP contribution in [0.15, 0.2) is 71.9 Å². The van der Waals surface area contributed by atoms with Crippen LogP contribution < -0.4 is 15.4 Å². The largest absolute Gasteiger partial charge is 0.494 e. The van der Waals surface area contributed by atoms with E-state index in [2.05, 4.69) is 51.8 Å². The molecule has 2 aromatic carbocycles. The van der Waals surface area contributed by atoms with Crippen LogP contribution in [-0.4, -0.2) is 30.6 Å². The summed E-state index contributed by atoms with van der Waals surface area (Å²) in [5, 5.41) is 9.02. The summed E-state index contributed by atoms with van der Waals surface area (Å²) >= 11 is 0. The van der Waals surface area contributed by atoms with Crippen molar-refractivity contribution in [2.24, 2.45) is 4.99 Å². The SMILES string of the molecule is CCNC(=NCc1ccccn1)NCCCOc1ccc2ccccc2c1. The first-order chi connectivity index (χ1) is 13.3. The summed E-state index contributed by atoms with van der Waals surface area (Å²) in [4.78, 5) is 8.86. The third-order valence-corrected chi connectivity index (χ3v) is 4.07. The van der Waals surface area contributed by atoms with Gasteiger partial charge in [-0.05, 0) is 48.4 Å². The first-order valence-corrected chi connectivity index (χ1v) is 9.39. The van der Waals surface area contributed by atoms with Crippen LogP contribution in [0, 0.1) is 0 Å². The Morgan fingerprint density at radius 1 is 1.00 bits per heavy atom. The highest BCUT2D eigenvalue weighted by Gasteiger charge is 2.00. The van der Waals surface area contributed by atoms with Gasteiger partial charge in [0, 0.05) is 19.3 Å². The van der Waals surface area contributed by atoms with Gasteiger partial charge < -0.3 is 15.4 Å². The van der Waals surface area contributed by atoms with Crippen LogP contribution in [0.4, 0.5) is 0 Å². The van der Waals surface area contributed by atoms with E-state index in [1.54, 1.807) is 6.20 Å². The summed E-state index contributed by atoms with van der Waals surface area (Å²) in [7, 11) is 0. The van der Waals surface area contributed by atoms with E-state index < -0.39 is 0 Å². The Hall–Kier alpha value is -3.08. The molecule has 1 aromatic heterocycles. The van der Waals surface area contributed by atoms with E-state index in [1.807, 2.05) is 36.4 Å². The maximum absolute atomic E-state index is 5.87. The number of guanidine groups is 1. The van der Waals surface area contributed by atoms with E-state index in [0.717, 1.165) is 36.9 Å². The predicted octanol–water partition coefficient (Wildman–Crippen LogP) is 3.76. The molecule has 2 N–H and O–H groups in total. The highest BCUT2D eigenvalue weighted by atomic mass is 16.5. The Labute approximate surface area is 160 Å². The number of hydrogen-bond donors (Lipinski definition) is 2. The van der Waals surface area contributed by atoms with Gasteiger partial charge in [-0.1, -0.05) is 36.4 Å². The molecule has 1 heterocycles. The molecule has 0 aliphatic heterocycles. The van der Waals surface area contributed by atoms with Gasteiger partial charge in [0.05, 0.1) is 18.8 Å². The summed E-state index contributed by atoms with van der Waals surface area (Å²) in [5.74, 6) is 1.71. The molecule has 0 amide bonds. The van der Waals surface area contributed by atoms with Gasteiger partial charge in [-0.2, -0.15) is 0 Å². The molecule has 5 heteroatoms. The van der Waals surface area contributed by atoms with Crippen molar-refractivity contribution >= 4 is 16.7 Å². The van der Waals surface area contributed by atoms with Gasteiger partial charge in [-0.3, -0.25) is 4.98 Å². The number of fused-ring (bicyclic) bond motifs is 1. The Balaban J connectivity index is 1.42. The van der Waals surface area contributed by atoms with Gasteiger partial charge in [0.2, 0.25) is 0 Å². The second kappa shape index (κ2) is 10.2. The van der Waals surface area contributed by atoms with Crippen molar-refractivity contribution in [1.82, 2.24) is 15.6 Å². The van der Waals surface area contributed by atoms with Crippen LogP contribution in [0.1, 0.15) is 19.0 Å². The van der Waals surface area contributed by atoms with Crippen LogP contribution in [0.3, 0.4) is 0 Å². The zero-order chi connectivity index (χ0) is 18.7. The van der Waals surface area contributed by atoms with Crippen molar-refractivity contribution in [2.45, 2.75) is 19.9 Å². The molecule has 0 saturated heterocycles. The lowest BCUT2D eigenvalue weighted by Crippen LogP contribution is -2.38. The average Bonchev–Trinajstić information content (AvgIpc) is 2.72. The first kappa shape index (κ1) is 18.7. The smallest absolute Gasteiger partial charge is 0.191 e. The third kappa shape index (κ3) is 5.99. The lowest BCUT2D eigenvalue weighted by Gasteiger charge is -2.12. The molecule has 3 aromatic rings. The van der Waals surface area contributed by atoms with E-state index in [1.165, 1.54) is 10.8 Å². The summed E-state index contributed by atoms with van der Waals surface area (Å²) in [6, 6.07) is 20.4. The molecule has 5 nitrogen and oxygen atoms in total. The van der Waals surface area contributed by atoms with Crippen LogP contribution >= 0.6 is 0 Å². The van der Waals surface area contributed by atoms with E-state index in [-0.39, 0.29) is 0 Å². The van der Waals surface area contributed by atoms with Crippen molar-refractivity contribution in [3.8, 4) is 5.75 Å². The zero-order valence-corrected chi connectivity index (χ0v) is 15.7. The molecule has 0 unspecified atom stereocenters. The maximum Gasteiger partial charge on any atom is 0.191 e. The fourth-order valence-corrected chi connectivity index (χ4v) is 2.72. The molecule has 27 heavy (non-hydrogen) atoms. The highest BCUT2D eigenvalue weighted by Crippen LogP contribution is 2.20. The molecule has 0 aliphatic rings. The summed E-state index contributed by atoms with van der Waals surface area (Å²) in [5.41, 5.74) is 0.953. The minimum atomic E-state index is 0.559. The number of nitrogens with one attached hydrogen (secondary N) is 2. The molecule has 3 rings (SSSR count). The van der Waals surface area contributed by atoms with Gasteiger partial charge in [0.1, 0.15) is 5.75 Å². The number of ether oxygens (including phenoxy) is 1. The number of hydrogen-bond acceptors (Lipinski definition) is 3. The van der Waals surface area contributed by atoms with Crippen molar-refractivity contribution in [2.75, 3.05) is 19.7 Å². The summed E-state index contributed by atoms with van der Waals surface area (Å²) in [6.45, 7) is 4.89. The monoisotopic (exact) mass is 362 g/mol. The lowest BCUT2D eigenvalue weighted by molar-refractivity contribution is 0.311. The number of rotatable bonds is 8. The number of aromatic nitrogens is 1. The molecule has 0 radical (unpaired) electrons. The number of benzene rings is 2. The molecule has 0 saturated carbocycles. The second-order valence-electron chi connectivity index (χ2n) is 6.15. The van der Waals surface area contributed by atoms with E-state index in [9.17, 15) is 0 Å². The molecular formula is C22H26N4O. The molecule has 0 fully saturated rings. The Bertz CT molecular complexity index is 864. The number of aliphatic imine (C=N–C) groups is 1. The quantitative estimate of drug-likeness (QED) is 0.364. The Kier molecular flexibility index (Phi) is 7.04. The van der Waals surface area contributed by atoms with Gasteiger partial charge in [0.15, 0.2) is 5.96 Å². The van der Waals surface area contributed by atoms with Gasteiger partial charge in [-0.15, -0.1) is 0 Å². The fourth-order valence-electron chi connectivity index (χ4n) is 2.72. The van der Waals surface area contributed by atoms with Gasteiger partial charge in [-0.25, -0.2) is 4.99 Å². The van der Waals surface area contributed by atoms with Crippen LogP contribution in [0.2, 0.25) is 0 Å². The summed E-state index contributed by atoms with van der Waals surface area (Å²) < 4.78 is 5.87. The third-order valence-electron chi connectivity index (χ3n) is 4.07. The van der Waals surface area contributed by atoms with Crippen molar-refractivity contribution in [3.63, 3.8) is 0 Å². The Morgan fingerprint density at radius 3 is 2.67 bits per heavy atom. The van der Waals surface area contributed by atoms with Crippen LogP contribution in [-0.2, 0) is 6.54 Å². The first-order valence-electron chi connectivity index (χ1n) is 9.39. The number of pyridine rings is 1. The molecular weight excluding hydrogens is 336 g/mol. The van der Waals surface area contributed by atoms with Gasteiger partial charge >= 0.3 is 0 Å². The predicted molar refractivity (Wildman–Crippen MR) is 111 cm³/mol. The van der Waals surface area contributed by atoms with Crippen molar-refractivity contribution in [1.29, 1.82) is 0 Å². The van der Waals surface area contributed by atoms with E-state index in [0.29, 0.717) is 13.2 Å². The van der Waals surface area contributed by atoms with E-state index >= 15 is 0 Å². The molecule has 0 aliphatic carbocycles. The molecule has 140 valence electrons. The minimum absolute atomic E-state index is 0.559. The normalized spacial score (nSPS) is 11.4. The number of nitrogens with zero attached hydrogens (tertiary/aromatic N) is 2. The van der Waals surface area contributed by atoms with Crippen LogP contribution in [0.5, 0.6) is 5.75 Å². The maximum atomic E-state index is 5.87. The summed E-state index contributed by atoms with van der Waals surface area (Å²) in [6.07, 6.45) is 2.68. The average molecular weight is 362 g/mol. The fraction of sp³-hybridized carbons (Fsp3) is 0.273. The minimum Gasteiger partial charge on any atom is -0.494 e. The standard InChI is InChI=1S/C22H26N4O/c1-2-23-22(26-17-20-10-5-6-13-24-20)25-14-7-15-27-21-12-11-18-8-3-4-9-19(18)16-21/h3-6,8-13,16H,2,7,14-15,17H2,1H3,(H2,23,25,26). The Morgan fingerprint density at radius 2 is 1.85 bits per heavy atom. The van der Waals surface area contributed by atoms with Gasteiger partial charge in [0.25, 0.3) is 0 Å². The van der Waals surface area contributed by atoms with Crippen molar-refractivity contribution in [3.05, 3.63) is 72.6 Å².